The summed E-state index contributed by atoms with van der Waals surface area (Å²) in [5.74, 6) is 0.632. The highest BCUT2D eigenvalue weighted by molar-refractivity contribution is 5.67. The maximum Gasteiger partial charge on any atom is 0.228 e. The van der Waals surface area contributed by atoms with Crippen LogP contribution in [-0.2, 0) is 0 Å². The van der Waals surface area contributed by atoms with Gasteiger partial charge in [0.1, 0.15) is 0 Å². The standard InChI is InChI=1S/C20H21N3/c1-13-10-11-17(12-14(13)2)19-15(3)16(4)21-20(23-19)22-18-8-6-5-7-9-18/h5-12H,1-4H3,(H,21,22,23). The summed E-state index contributed by atoms with van der Waals surface area (Å²) in [4.78, 5) is 9.32. The molecule has 0 bridgehead atoms. The largest absolute Gasteiger partial charge is 0.324 e. The Labute approximate surface area is 137 Å². The van der Waals surface area contributed by atoms with E-state index in [4.69, 9.17) is 4.98 Å². The van der Waals surface area contributed by atoms with E-state index in [0.717, 1.165) is 28.2 Å². The first-order chi connectivity index (χ1) is 11.0. The first-order valence-corrected chi connectivity index (χ1v) is 7.79. The van der Waals surface area contributed by atoms with Crippen LogP contribution in [0.1, 0.15) is 22.4 Å². The quantitative estimate of drug-likeness (QED) is 0.729. The first-order valence-electron chi connectivity index (χ1n) is 7.79. The SMILES string of the molecule is Cc1ccc(-c2nc(Nc3ccccc3)nc(C)c2C)cc1C. The van der Waals surface area contributed by atoms with Crippen molar-refractivity contribution in [2.75, 3.05) is 5.32 Å². The van der Waals surface area contributed by atoms with Crippen LogP contribution >= 0.6 is 0 Å². The number of aryl methyl sites for hydroxylation is 3. The predicted molar refractivity (Wildman–Crippen MR) is 96.1 cm³/mol. The molecule has 3 nitrogen and oxygen atoms in total. The van der Waals surface area contributed by atoms with E-state index in [2.05, 4.69) is 49.3 Å². The van der Waals surface area contributed by atoms with Crippen LogP contribution in [-0.4, -0.2) is 9.97 Å². The van der Waals surface area contributed by atoms with E-state index in [1.54, 1.807) is 0 Å². The Morgan fingerprint density at radius 1 is 0.783 bits per heavy atom. The zero-order valence-corrected chi connectivity index (χ0v) is 14.0. The zero-order chi connectivity index (χ0) is 16.4. The van der Waals surface area contributed by atoms with Gasteiger partial charge in [0.2, 0.25) is 5.95 Å². The molecule has 0 aliphatic heterocycles. The van der Waals surface area contributed by atoms with Gasteiger partial charge in [0.25, 0.3) is 0 Å². The van der Waals surface area contributed by atoms with Gasteiger partial charge in [-0.15, -0.1) is 0 Å². The number of nitrogens with one attached hydrogen (secondary N) is 1. The summed E-state index contributed by atoms with van der Waals surface area (Å²) in [5.41, 5.74) is 7.78. The fourth-order valence-electron chi connectivity index (χ4n) is 2.51. The van der Waals surface area contributed by atoms with E-state index in [1.165, 1.54) is 11.1 Å². The molecule has 0 saturated carbocycles. The fourth-order valence-corrected chi connectivity index (χ4v) is 2.51. The maximum absolute atomic E-state index is 4.75. The third-order valence-corrected chi connectivity index (χ3v) is 4.20. The van der Waals surface area contributed by atoms with E-state index in [1.807, 2.05) is 37.3 Å². The molecule has 0 radical (unpaired) electrons. The van der Waals surface area contributed by atoms with Gasteiger partial charge in [-0.3, -0.25) is 0 Å². The van der Waals surface area contributed by atoms with E-state index >= 15 is 0 Å². The molecular weight excluding hydrogens is 282 g/mol. The van der Waals surface area contributed by atoms with E-state index < -0.39 is 0 Å². The van der Waals surface area contributed by atoms with Crippen molar-refractivity contribution in [3.8, 4) is 11.3 Å². The summed E-state index contributed by atoms with van der Waals surface area (Å²) in [7, 11) is 0. The number of anilines is 2. The van der Waals surface area contributed by atoms with E-state index in [0.29, 0.717) is 5.95 Å². The number of rotatable bonds is 3. The highest BCUT2D eigenvalue weighted by atomic mass is 15.1. The van der Waals surface area contributed by atoms with Crippen LogP contribution < -0.4 is 5.32 Å². The minimum Gasteiger partial charge on any atom is -0.324 e. The Morgan fingerprint density at radius 3 is 2.22 bits per heavy atom. The van der Waals surface area contributed by atoms with Gasteiger partial charge >= 0.3 is 0 Å². The molecule has 0 saturated heterocycles. The lowest BCUT2D eigenvalue weighted by Crippen LogP contribution is -2.03. The molecule has 0 aliphatic rings. The van der Waals surface area contributed by atoms with E-state index in [9.17, 15) is 0 Å². The fraction of sp³-hybridized carbons (Fsp3) is 0.200. The van der Waals surface area contributed by atoms with Gasteiger partial charge < -0.3 is 5.32 Å². The average Bonchev–Trinajstić information content (AvgIpc) is 2.54. The molecule has 0 fully saturated rings. The number of aromatic nitrogens is 2. The molecule has 0 aliphatic carbocycles. The zero-order valence-electron chi connectivity index (χ0n) is 14.0. The molecule has 23 heavy (non-hydrogen) atoms. The van der Waals surface area contributed by atoms with Crippen molar-refractivity contribution in [3.05, 3.63) is 70.9 Å². The molecule has 2 aromatic carbocycles. The molecule has 0 amide bonds. The second-order valence-corrected chi connectivity index (χ2v) is 5.90. The van der Waals surface area contributed by atoms with Crippen LogP contribution in [0.15, 0.2) is 48.5 Å². The molecular formula is C20H21N3. The number of nitrogens with zero attached hydrogens (tertiary/aromatic N) is 2. The summed E-state index contributed by atoms with van der Waals surface area (Å²) in [6, 6.07) is 16.5. The summed E-state index contributed by atoms with van der Waals surface area (Å²) in [6.45, 7) is 8.36. The Morgan fingerprint density at radius 2 is 1.52 bits per heavy atom. The number of benzene rings is 2. The molecule has 3 aromatic rings. The van der Waals surface area contributed by atoms with Gasteiger partial charge in [-0.1, -0.05) is 30.3 Å². The van der Waals surface area contributed by atoms with Gasteiger partial charge in [-0.2, -0.15) is 0 Å². The van der Waals surface area contributed by atoms with Gasteiger partial charge in [0, 0.05) is 16.9 Å². The average molecular weight is 303 g/mol. The number of hydrogen-bond acceptors (Lipinski definition) is 3. The highest BCUT2D eigenvalue weighted by Crippen LogP contribution is 2.26. The van der Waals surface area contributed by atoms with Crippen molar-refractivity contribution in [1.29, 1.82) is 0 Å². The van der Waals surface area contributed by atoms with Crippen LogP contribution in [0.2, 0.25) is 0 Å². The second-order valence-electron chi connectivity index (χ2n) is 5.90. The van der Waals surface area contributed by atoms with Crippen molar-refractivity contribution < 1.29 is 0 Å². The Balaban J connectivity index is 2.04. The van der Waals surface area contributed by atoms with Crippen LogP contribution in [0.4, 0.5) is 11.6 Å². The third-order valence-electron chi connectivity index (χ3n) is 4.20. The Hall–Kier alpha value is -2.68. The van der Waals surface area contributed by atoms with Gasteiger partial charge in [0.15, 0.2) is 0 Å². The first kappa shape index (κ1) is 15.2. The maximum atomic E-state index is 4.75. The summed E-state index contributed by atoms with van der Waals surface area (Å²) in [6.07, 6.45) is 0. The van der Waals surface area contributed by atoms with Gasteiger partial charge in [0.05, 0.1) is 5.69 Å². The summed E-state index contributed by atoms with van der Waals surface area (Å²) >= 11 is 0. The summed E-state index contributed by atoms with van der Waals surface area (Å²) in [5, 5.41) is 3.29. The van der Waals surface area contributed by atoms with Crippen LogP contribution in [0.5, 0.6) is 0 Å². The third kappa shape index (κ3) is 3.24. The second kappa shape index (κ2) is 6.21. The van der Waals surface area contributed by atoms with Crippen LogP contribution in [0.3, 0.4) is 0 Å². The van der Waals surface area contributed by atoms with E-state index in [-0.39, 0.29) is 0 Å². The van der Waals surface area contributed by atoms with Crippen molar-refractivity contribution >= 4 is 11.6 Å². The minimum absolute atomic E-state index is 0.632. The topological polar surface area (TPSA) is 37.8 Å². The number of hydrogen-bond donors (Lipinski definition) is 1. The normalized spacial score (nSPS) is 10.6. The lowest BCUT2D eigenvalue weighted by atomic mass is 10.0. The lowest BCUT2D eigenvalue weighted by molar-refractivity contribution is 1.07. The predicted octanol–water partition coefficient (Wildman–Crippen LogP) is 5.12. The Kier molecular flexibility index (Phi) is 4.11. The van der Waals surface area contributed by atoms with Crippen molar-refractivity contribution in [2.45, 2.75) is 27.7 Å². The molecule has 0 spiro atoms. The van der Waals surface area contributed by atoms with Crippen LogP contribution in [0, 0.1) is 27.7 Å². The number of para-hydroxylation sites is 1. The molecule has 1 aromatic heterocycles. The van der Waals surface area contributed by atoms with Crippen LogP contribution in [0.25, 0.3) is 11.3 Å². The molecule has 1 N–H and O–H groups in total. The van der Waals surface area contributed by atoms with Gasteiger partial charge in [-0.25, -0.2) is 9.97 Å². The smallest absolute Gasteiger partial charge is 0.228 e. The molecule has 0 atom stereocenters. The lowest BCUT2D eigenvalue weighted by Gasteiger charge is -2.13. The highest BCUT2D eigenvalue weighted by Gasteiger charge is 2.11. The molecule has 1 heterocycles. The summed E-state index contributed by atoms with van der Waals surface area (Å²) < 4.78 is 0. The minimum atomic E-state index is 0.632. The van der Waals surface area contributed by atoms with Crippen molar-refractivity contribution in [1.82, 2.24) is 9.97 Å². The monoisotopic (exact) mass is 303 g/mol. The molecule has 116 valence electrons. The molecule has 3 heteroatoms. The molecule has 3 rings (SSSR count). The van der Waals surface area contributed by atoms with Crippen molar-refractivity contribution in [2.24, 2.45) is 0 Å². The molecule has 0 unspecified atom stereocenters. The van der Waals surface area contributed by atoms with Gasteiger partial charge in [-0.05, 0) is 62.6 Å². The van der Waals surface area contributed by atoms with Crippen molar-refractivity contribution in [3.63, 3.8) is 0 Å². The Bertz CT molecular complexity index is 839.